The molecule has 1 aromatic rings. The molecule has 1 atom stereocenters. The number of amides is 4. The Hall–Kier alpha value is -2.90. The van der Waals surface area contributed by atoms with Gasteiger partial charge in [-0.3, -0.25) is 24.6 Å². The third-order valence-corrected chi connectivity index (χ3v) is 5.27. The molecule has 8 nitrogen and oxygen atoms in total. The van der Waals surface area contributed by atoms with Crippen molar-refractivity contribution in [3.05, 3.63) is 29.8 Å². The molecule has 8 heteroatoms. The molecule has 0 aromatic heterocycles. The van der Waals surface area contributed by atoms with Gasteiger partial charge >= 0.3 is 12.0 Å². The molecule has 2 aliphatic heterocycles. The Morgan fingerprint density at radius 3 is 2.48 bits per heavy atom. The maximum atomic E-state index is 12.8. The molecule has 1 aromatic carbocycles. The third-order valence-electron chi connectivity index (χ3n) is 5.27. The van der Waals surface area contributed by atoms with Gasteiger partial charge in [-0.05, 0) is 43.5 Å². The summed E-state index contributed by atoms with van der Waals surface area (Å²) in [6, 6.07) is 5.95. The second-order valence-electron chi connectivity index (χ2n) is 7.15. The molecule has 2 heterocycles. The van der Waals surface area contributed by atoms with Gasteiger partial charge in [-0.2, -0.15) is 0 Å². The number of likely N-dealkylation sites (tertiary alicyclic amines) is 1. The van der Waals surface area contributed by atoms with Crippen LogP contribution in [0.4, 0.5) is 10.5 Å². The van der Waals surface area contributed by atoms with Gasteiger partial charge in [0.05, 0.1) is 5.41 Å². The highest BCUT2D eigenvalue weighted by atomic mass is 16.4. The first-order valence-corrected chi connectivity index (χ1v) is 9.10. The normalized spacial score (nSPS) is 22.7. The van der Waals surface area contributed by atoms with Crippen LogP contribution >= 0.6 is 0 Å². The Kier molecular flexibility index (Phi) is 5.16. The number of rotatable bonds is 5. The van der Waals surface area contributed by atoms with Crippen LogP contribution in [0, 0.1) is 5.41 Å². The zero-order valence-electron chi connectivity index (χ0n) is 15.2. The fourth-order valence-electron chi connectivity index (χ4n) is 3.89. The van der Waals surface area contributed by atoms with Gasteiger partial charge in [-0.1, -0.05) is 13.3 Å². The molecule has 0 aliphatic carbocycles. The van der Waals surface area contributed by atoms with Crippen LogP contribution in [0.3, 0.4) is 0 Å². The number of benzene rings is 1. The standard InChI is InChI=1S/C19H23N3O5/c1-2-8-19(17(25)26)9-3-10-21(12-19)16(24)13-4-6-14(7-5-13)22-11-15(23)20-18(22)27/h4-7H,2-3,8-12H2,1H3,(H,25,26)(H,20,23,27). The van der Waals surface area contributed by atoms with Gasteiger partial charge in [0.2, 0.25) is 5.91 Å². The van der Waals surface area contributed by atoms with Crippen LogP contribution in [-0.4, -0.2) is 53.5 Å². The van der Waals surface area contributed by atoms with Crippen molar-refractivity contribution in [1.29, 1.82) is 0 Å². The first kappa shape index (κ1) is 18.9. The minimum Gasteiger partial charge on any atom is -0.481 e. The lowest BCUT2D eigenvalue weighted by Crippen LogP contribution is -2.49. The zero-order valence-corrected chi connectivity index (χ0v) is 15.2. The summed E-state index contributed by atoms with van der Waals surface area (Å²) in [4.78, 5) is 50.6. The molecule has 0 radical (unpaired) electrons. The van der Waals surface area contributed by atoms with E-state index in [1.807, 2.05) is 6.92 Å². The smallest absolute Gasteiger partial charge is 0.329 e. The van der Waals surface area contributed by atoms with Gasteiger partial charge in [-0.15, -0.1) is 0 Å². The molecular formula is C19H23N3O5. The number of piperidine rings is 1. The van der Waals surface area contributed by atoms with Crippen LogP contribution in [0.5, 0.6) is 0 Å². The Morgan fingerprint density at radius 2 is 1.93 bits per heavy atom. The molecule has 0 bridgehead atoms. The van der Waals surface area contributed by atoms with Gasteiger partial charge in [-0.25, -0.2) is 4.79 Å². The number of carbonyl (C=O) groups is 4. The summed E-state index contributed by atoms with van der Waals surface area (Å²) < 4.78 is 0. The molecule has 1 unspecified atom stereocenters. The van der Waals surface area contributed by atoms with Crippen LogP contribution in [0.1, 0.15) is 43.0 Å². The van der Waals surface area contributed by atoms with Gasteiger partial charge < -0.3 is 10.0 Å². The number of urea groups is 1. The van der Waals surface area contributed by atoms with E-state index in [2.05, 4.69) is 5.32 Å². The van der Waals surface area contributed by atoms with Crippen molar-refractivity contribution in [3.63, 3.8) is 0 Å². The molecule has 0 saturated carbocycles. The highest BCUT2D eigenvalue weighted by Crippen LogP contribution is 2.35. The van der Waals surface area contributed by atoms with Gasteiger partial charge in [0.25, 0.3) is 5.91 Å². The summed E-state index contributed by atoms with van der Waals surface area (Å²) in [5.41, 5.74) is 0.0816. The van der Waals surface area contributed by atoms with Crippen molar-refractivity contribution >= 4 is 29.5 Å². The Morgan fingerprint density at radius 1 is 1.22 bits per heavy atom. The van der Waals surface area contributed by atoms with Gasteiger partial charge in [0.1, 0.15) is 6.54 Å². The van der Waals surface area contributed by atoms with Crippen LogP contribution in [0.25, 0.3) is 0 Å². The first-order valence-electron chi connectivity index (χ1n) is 9.10. The van der Waals surface area contributed by atoms with Crippen LogP contribution < -0.4 is 10.2 Å². The van der Waals surface area contributed by atoms with Crippen LogP contribution in [0.15, 0.2) is 24.3 Å². The van der Waals surface area contributed by atoms with E-state index in [-0.39, 0.29) is 24.9 Å². The quantitative estimate of drug-likeness (QED) is 0.766. The average molecular weight is 373 g/mol. The van der Waals surface area contributed by atoms with Gasteiger partial charge in [0, 0.05) is 24.3 Å². The number of anilines is 1. The van der Waals surface area contributed by atoms with E-state index in [0.717, 1.165) is 6.42 Å². The molecule has 0 spiro atoms. The van der Waals surface area contributed by atoms with Crippen molar-refractivity contribution in [2.75, 3.05) is 24.5 Å². The number of nitrogens with zero attached hydrogens (tertiary/aromatic N) is 2. The highest BCUT2D eigenvalue weighted by Gasteiger charge is 2.43. The molecule has 3 rings (SSSR count). The van der Waals surface area contributed by atoms with E-state index in [0.29, 0.717) is 37.1 Å². The van der Waals surface area contributed by atoms with E-state index in [1.54, 1.807) is 29.2 Å². The maximum absolute atomic E-state index is 12.8. The number of nitrogens with one attached hydrogen (secondary N) is 1. The van der Waals surface area contributed by atoms with Crippen molar-refractivity contribution in [3.8, 4) is 0 Å². The molecule has 144 valence electrons. The monoisotopic (exact) mass is 373 g/mol. The SMILES string of the molecule is CCCC1(C(=O)O)CCCN(C(=O)c2ccc(N3CC(=O)NC3=O)cc2)C1. The van der Waals surface area contributed by atoms with Crippen LogP contribution in [0.2, 0.25) is 0 Å². The maximum Gasteiger partial charge on any atom is 0.329 e. The largest absolute Gasteiger partial charge is 0.481 e. The van der Waals surface area contributed by atoms with E-state index in [4.69, 9.17) is 0 Å². The zero-order chi connectivity index (χ0) is 19.6. The molecule has 27 heavy (non-hydrogen) atoms. The minimum atomic E-state index is -0.878. The summed E-state index contributed by atoms with van der Waals surface area (Å²) in [5.74, 6) is -1.43. The number of carboxylic acids is 1. The number of imide groups is 1. The highest BCUT2D eigenvalue weighted by molar-refractivity contribution is 6.12. The van der Waals surface area contributed by atoms with E-state index in [1.165, 1.54) is 4.90 Å². The second-order valence-corrected chi connectivity index (χ2v) is 7.15. The second kappa shape index (κ2) is 7.38. The molecule has 4 amide bonds. The Labute approximate surface area is 157 Å². The molecule has 2 aliphatic rings. The summed E-state index contributed by atoms with van der Waals surface area (Å²) in [5, 5.41) is 11.9. The van der Waals surface area contributed by atoms with Gasteiger partial charge in [0.15, 0.2) is 0 Å². The predicted octanol–water partition coefficient (Wildman–Crippen LogP) is 1.85. The topological polar surface area (TPSA) is 107 Å². The van der Waals surface area contributed by atoms with E-state index >= 15 is 0 Å². The lowest BCUT2D eigenvalue weighted by atomic mass is 9.76. The first-order chi connectivity index (χ1) is 12.9. The molecule has 2 N–H and O–H groups in total. The van der Waals surface area contributed by atoms with Crippen molar-refractivity contribution in [2.45, 2.75) is 32.6 Å². The Balaban J connectivity index is 1.74. The van der Waals surface area contributed by atoms with Crippen molar-refractivity contribution < 1.29 is 24.3 Å². The number of hydrogen-bond acceptors (Lipinski definition) is 4. The summed E-state index contributed by atoms with van der Waals surface area (Å²) in [6.45, 7) is 2.64. The fraction of sp³-hybridized carbons (Fsp3) is 0.474. The number of hydrogen-bond donors (Lipinski definition) is 2. The summed E-state index contributed by atoms with van der Waals surface area (Å²) in [6.07, 6.45) is 2.53. The third kappa shape index (κ3) is 3.65. The number of carboxylic acid groups (broad SMARTS) is 1. The van der Waals surface area contributed by atoms with Crippen LogP contribution in [-0.2, 0) is 9.59 Å². The fourth-order valence-corrected chi connectivity index (χ4v) is 3.89. The lowest BCUT2D eigenvalue weighted by Gasteiger charge is -2.40. The van der Waals surface area contributed by atoms with Crippen molar-refractivity contribution in [1.82, 2.24) is 10.2 Å². The molecular weight excluding hydrogens is 350 g/mol. The number of aliphatic carboxylic acids is 1. The predicted molar refractivity (Wildman–Crippen MR) is 97.4 cm³/mol. The average Bonchev–Trinajstić information content (AvgIpc) is 3.00. The Bertz CT molecular complexity index is 772. The van der Waals surface area contributed by atoms with E-state index in [9.17, 15) is 24.3 Å². The minimum absolute atomic E-state index is 0.0452. The number of carbonyl (C=O) groups excluding carboxylic acids is 3. The lowest BCUT2D eigenvalue weighted by molar-refractivity contribution is -0.152. The molecule has 2 saturated heterocycles. The molecule has 2 fully saturated rings. The van der Waals surface area contributed by atoms with Crippen molar-refractivity contribution in [2.24, 2.45) is 5.41 Å². The van der Waals surface area contributed by atoms with E-state index < -0.39 is 17.4 Å². The summed E-state index contributed by atoms with van der Waals surface area (Å²) in [7, 11) is 0. The summed E-state index contributed by atoms with van der Waals surface area (Å²) >= 11 is 0.